The molecule has 1 heterocycles. The molecule has 29 heavy (non-hydrogen) atoms. The first-order chi connectivity index (χ1) is 13.8. The van der Waals surface area contributed by atoms with E-state index < -0.39 is 12.1 Å². The largest absolute Gasteiger partial charge is 0.449 e. The van der Waals surface area contributed by atoms with Crippen molar-refractivity contribution in [1.82, 2.24) is 9.78 Å². The summed E-state index contributed by atoms with van der Waals surface area (Å²) in [5.41, 5.74) is 6.04. The van der Waals surface area contributed by atoms with Gasteiger partial charge in [-0.05, 0) is 76.1 Å². The lowest BCUT2D eigenvalue weighted by Crippen LogP contribution is -2.30. The molecule has 1 amide bonds. The number of nitrogens with zero attached hydrogens (tertiary/aromatic N) is 2. The predicted molar refractivity (Wildman–Crippen MR) is 112 cm³/mol. The van der Waals surface area contributed by atoms with E-state index in [4.69, 9.17) is 4.74 Å². The molecule has 0 spiro atoms. The van der Waals surface area contributed by atoms with Crippen molar-refractivity contribution >= 4 is 17.6 Å². The van der Waals surface area contributed by atoms with Gasteiger partial charge in [-0.15, -0.1) is 0 Å². The van der Waals surface area contributed by atoms with Crippen LogP contribution in [0.2, 0.25) is 0 Å². The summed E-state index contributed by atoms with van der Waals surface area (Å²) in [6.07, 6.45) is 0.797. The summed E-state index contributed by atoms with van der Waals surface area (Å²) in [5.74, 6) is -0.911. The number of nitrogens with one attached hydrogen (secondary N) is 1. The molecule has 0 aliphatic heterocycles. The molecule has 3 aromatic rings. The summed E-state index contributed by atoms with van der Waals surface area (Å²) in [6, 6.07) is 12.8. The van der Waals surface area contributed by atoms with Gasteiger partial charge < -0.3 is 10.1 Å². The topological polar surface area (TPSA) is 73.2 Å². The van der Waals surface area contributed by atoms with Gasteiger partial charge in [-0.25, -0.2) is 9.48 Å². The van der Waals surface area contributed by atoms with Gasteiger partial charge in [-0.3, -0.25) is 4.79 Å². The lowest BCUT2D eigenvalue weighted by atomic mass is 10.0. The summed E-state index contributed by atoms with van der Waals surface area (Å²) in [4.78, 5) is 24.9. The van der Waals surface area contributed by atoms with Gasteiger partial charge in [0.05, 0.1) is 11.3 Å². The second-order valence-electron chi connectivity index (χ2n) is 7.24. The lowest BCUT2D eigenvalue weighted by molar-refractivity contribution is -0.123. The average molecular weight is 391 g/mol. The molecule has 0 radical (unpaired) electrons. The third kappa shape index (κ3) is 4.54. The van der Waals surface area contributed by atoms with Crippen LogP contribution in [0.1, 0.15) is 39.7 Å². The summed E-state index contributed by atoms with van der Waals surface area (Å²) < 4.78 is 7.13. The second-order valence-corrected chi connectivity index (χ2v) is 7.24. The van der Waals surface area contributed by atoms with Gasteiger partial charge in [0.2, 0.25) is 0 Å². The first kappa shape index (κ1) is 20.3. The van der Waals surface area contributed by atoms with Crippen LogP contribution >= 0.6 is 0 Å². The smallest absolute Gasteiger partial charge is 0.338 e. The number of rotatable bonds is 5. The van der Waals surface area contributed by atoms with Crippen molar-refractivity contribution in [3.05, 3.63) is 76.6 Å². The third-order valence-electron chi connectivity index (χ3n) is 4.76. The summed E-state index contributed by atoms with van der Waals surface area (Å²) >= 11 is 0. The lowest BCUT2D eigenvalue weighted by Gasteiger charge is -2.17. The van der Waals surface area contributed by atoms with E-state index in [1.807, 2.05) is 45.9 Å². The van der Waals surface area contributed by atoms with E-state index >= 15 is 0 Å². The molecular formula is C23H25N3O3. The van der Waals surface area contributed by atoms with Crippen LogP contribution in [-0.2, 0) is 9.53 Å². The molecule has 150 valence electrons. The summed E-state index contributed by atoms with van der Waals surface area (Å²) in [7, 11) is 0. The molecule has 0 saturated heterocycles. The quantitative estimate of drug-likeness (QED) is 0.659. The van der Waals surface area contributed by atoms with Crippen LogP contribution in [0, 0.1) is 27.7 Å². The van der Waals surface area contributed by atoms with Crippen molar-refractivity contribution in [2.24, 2.45) is 0 Å². The summed E-state index contributed by atoms with van der Waals surface area (Å²) in [6.45, 7) is 9.40. The molecule has 6 heteroatoms. The van der Waals surface area contributed by atoms with Gasteiger partial charge >= 0.3 is 5.97 Å². The minimum Gasteiger partial charge on any atom is -0.449 e. The number of hydrogen-bond acceptors (Lipinski definition) is 4. The van der Waals surface area contributed by atoms with Crippen LogP contribution in [0.15, 0.2) is 48.7 Å². The van der Waals surface area contributed by atoms with Crippen LogP contribution in [0.5, 0.6) is 0 Å². The predicted octanol–water partition coefficient (Wildman–Crippen LogP) is 4.29. The van der Waals surface area contributed by atoms with E-state index in [0.29, 0.717) is 5.56 Å². The Balaban J connectivity index is 1.66. The van der Waals surface area contributed by atoms with Crippen LogP contribution < -0.4 is 5.32 Å². The van der Waals surface area contributed by atoms with Crippen molar-refractivity contribution in [3.8, 4) is 5.69 Å². The van der Waals surface area contributed by atoms with Gasteiger partial charge in [-0.2, -0.15) is 5.10 Å². The maximum absolute atomic E-state index is 12.5. The second kappa shape index (κ2) is 8.31. The molecule has 0 saturated carbocycles. The van der Waals surface area contributed by atoms with Crippen LogP contribution in [-0.4, -0.2) is 27.8 Å². The number of aryl methyl sites for hydroxylation is 4. The van der Waals surface area contributed by atoms with E-state index in [2.05, 4.69) is 10.4 Å². The number of amides is 1. The number of ether oxygens (including phenoxy) is 1. The first-order valence-electron chi connectivity index (χ1n) is 9.47. The molecule has 0 aliphatic rings. The highest BCUT2D eigenvalue weighted by molar-refractivity contribution is 5.98. The van der Waals surface area contributed by atoms with E-state index in [1.165, 1.54) is 0 Å². The van der Waals surface area contributed by atoms with Crippen molar-refractivity contribution in [2.45, 2.75) is 40.7 Å². The minimum absolute atomic E-state index is 0.364. The molecule has 0 unspecified atom stereocenters. The number of aromatic nitrogens is 2. The maximum Gasteiger partial charge on any atom is 0.338 e. The zero-order chi connectivity index (χ0) is 21.1. The van der Waals surface area contributed by atoms with Crippen LogP contribution in [0.3, 0.4) is 0 Å². The third-order valence-corrected chi connectivity index (χ3v) is 4.76. The SMILES string of the molecule is Cc1cc(C)c(NC(=O)[C@H](C)OC(=O)c2ccc(-n3nccc3C)cc2)c(C)c1. The Bertz CT molecular complexity index is 1030. The average Bonchev–Trinajstić information content (AvgIpc) is 3.10. The zero-order valence-electron chi connectivity index (χ0n) is 17.3. The van der Waals surface area contributed by atoms with Crippen molar-refractivity contribution in [2.75, 3.05) is 5.32 Å². The number of esters is 1. The number of benzene rings is 2. The molecule has 0 bridgehead atoms. The van der Waals surface area contributed by atoms with Gasteiger partial charge in [0.1, 0.15) is 0 Å². The highest BCUT2D eigenvalue weighted by Crippen LogP contribution is 2.22. The Morgan fingerprint density at radius 3 is 2.17 bits per heavy atom. The molecule has 3 rings (SSSR count). The van der Waals surface area contributed by atoms with Gasteiger partial charge in [0, 0.05) is 17.6 Å². The van der Waals surface area contributed by atoms with Crippen LogP contribution in [0.4, 0.5) is 5.69 Å². The molecule has 1 atom stereocenters. The van der Waals surface area contributed by atoms with Gasteiger partial charge in [0.15, 0.2) is 6.10 Å². The number of carbonyl (C=O) groups excluding carboxylic acids is 2. The molecular weight excluding hydrogens is 366 g/mol. The fourth-order valence-corrected chi connectivity index (χ4v) is 3.26. The minimum atomic E-state index is -0.921. The van der Waals surface area contributed by atoms with Gasteiger partial charge in [0.25, 0.3) is 5.91 Å². The summed E-state index contributed by atoms with van der Waals surface area (Å²) in [5, 5.41) is 7.11. The Morgan fingerprint density at radius 1 is 1.00 bits per heavy atom. The fraction of sp³-hybridized carbons (Fsp3) is 0.261. The van der Waals surface area contributed by atoms with E-state index in [1.54, 1.807) is 42.1 Å². The highest BCUT2D eigenvalue weighted by atomic mass is 16.5. The van der Waals surface area contributed by atoms with E-state index in [9.17, 15) is 9.59 Å². The Kier molecular flexibility index (Phi) is 5.82. The number of hydrogen-bond donors (Lipinski definition) is 1. The molecule has 1 N–H and O–H groups in total. The van der Waals surface area contributed by atoms with E-state index in [-0.39, 0.29) is 5.91 Å². The molecule has 0 aliphatic carbocycles. The van der Waals surface area contributed by atoms with Gasteiger partial charge in [-0.1, -0.05) is 17.7 Å². The standard InChI is InChI=1S/C23H25N3O3/c1-14-12-15(2)21(16(3)13-14)25-22(27)18(5)29-23(28)19-6-8-20(9-7-19)26-17(4)10-11-24-26/h6-13,18H,1-5H3,(H,25,27)/t18-/m0/s1. The Morgan fingerprint density at radius 2 is 1.62 bits per heavy atom. The van der Waals surface area contributed by atoms with Crippen LogP contribution in [0.25, 0.3) is 5.69 Å². The highest BCUT2D eigenvalue weighted by Gasteiger charge is 2.20. The first-order valence-corrected chi connectivity index (χ1v) is 9.47. The fourth-order valence-electron chi connectivity index (χ4n) is 3.26. The number of anilines is 1. The van der Waals surface area contributed by atoms with Crippen molar-refractivity contribution in [3.63, 3.8) is 0 Å². The maximum atomic E-state index is 12.5. The van der Waals surface area contributed by atoms with Crippen molar-refractivity contribution < 1.29 is 14.3 Å². The molecule has 1 aromatic heterocycles. The van der Waals surface area contributed by atoms with E-state index in [0.717, 1.165) is 33.8 Å². The molecule has 0 fully saturated rings. The zero-order valence-corrected chi connectivity index (χ0v) is 17.3. The van der Waals surface area contributed by atoms with Crippen molar-refractivity contribution in [1.29, 1.82) is 0 Å². The molecule has 6 nitrogen and oxygen atoms in total. The molecule has 2 aromatic carbocycles. The Hall–Kier alpha value is -3.41. The Labute approximate surface area is 170 Å². The monoisotopic (exact) mass is 391 g/mol. The number of carbonyl (C=O) groups is 2. The normalized spacial score (nSPS) is 11.8.